The van der Waals surface area contributed by atoms with E-state index >= 15 is 0 Å². The summed E-state index contributed by atoms with van der Waals surface area (Å²) in [7, 11) is 0. The SMILES string of the molecule is ClC(c1cc(Br)ccc1Br)C1CCCC1. The fraction of sp³-hybridized carbons (Fsp3) is 0.500. The summed E-state index contributed by atoms with van der Waals surface area (Å²) in [5, 5.41) is 0.152. The number of hydrogen-bond donors (Lipinski definition) is 0. The summed E-state index contributed by atoms with van der Waals surface area (Å²) in [5.74, 6) is 0.650. The van der Waals surface area contributed by atoms with Crippen LogP contribution in [-0.4, -0.2) is 0 Å². The Morgan fingerprint density at radius 1 is 1.20 bits per heavy atom. The smallest absolute Gasteiger partial charge is 0.0624 e. The van der Waals surface area contributed by atoms with Crippen molar-refractivity contribution in [1.29, 1.82) is 0 Å². The Balaban J connectivity index is 2.23. The molecule has 1 fully saturated rings. The van der Waals surface area contributed by atoms with Gasteiger partial charge in [-0.05, 0) is 42.5 Å². The van der Waals surface area contributed by atoms with Crippen LogP contribution in [0.15, 0.2) is 27.1 Å². The molecule has 0 heterocycles. The van der Waals surface area contributed by atoms with E-state index in [4.69, 9.17) is 11.6 Å². The molecule has 2 rings (SSSR count). The maximum Gasteiger partial charge on any atom is 0.0624 e. The standard InChI is InChI=1S/C12H13Br2Cl/c13-9-5-6-11(14)10(7-9)12(15)8-3-1-2-4-8/h5-8,12H,1-4H2. The summed E-state index contributed by atoms with van der Waals surface area (Å²) in [4.78, 5) is 0. The van der Waals surface area contributed by atoms with E-state index in [1.807, 2.05) is 6.07 Å². The van der Waals surface area contributed by atoms with Crippen molar-refractivity contribution in [2.24, 2.45) is 5.92 Å². The second-order valence-corrected chi connectivity index (χ2v) is 6.35. The predicted molar refractivity (Wildman–Crippen MR) is 72.4 cm³/mol. The molecule has 0 aliphatic heterocycles. The van der Waals surface area contributed by atoms with Gasteiger partial charge in [0.15, 0.2) is 0 Å². The lowest BCUT2D eigenvalue weighted by molar-refractivity contribution is 0.527. The van der Waals surface area contributed by atoms with Crippen molar-refractivity contribution in [2.45, 2.75) is 31.1 Å². The summed E-state index contributed by atoms with van der Waals surface area (Å²) in [6.45, 7) is 0. The van der Waals surface area contributed by atoms with Crippen LogP contribution in [0.4, 0.5) is 0 Å². The molecular formula is C12H13Br2Cl. The topological polar surface area (TPSA) is 0 Å². The predicted octanol–water partition coefficient (Wildman–Crippen LogP) is 5.68. The van der Waals surface area contributed by atoms with Crippen molar-refractivity contribution in [3.63, 3.8) is 0 Å². The van der Waals surface area contributed by atoms with Crippen molar-refractivity contribution in [1.82, 2.24) is 0 Å². The summed E-state index contributed by atoms with van der Waals surface area (Å²) in [5.41, 5.74) is 1.22. The van der Waals surface area contributed by atoms with Crippen molar-refractivity contribution in [2.75, 3.05) is 0 Å². The summed E-state index contributed by atoms with van der Waals surface area (Å²) < 4.78 is 2.22. The first-order valence-electron chi connectivity index (χ1n) is 5.27. The van der Waals surface area contributed by atoms with Crippen LogP contribution in [0.3, 0.4) is 0 Å². The van der Waals surface area contributed by atoms with E-state index in [0.717, 1.165) is 8.95 Å². The first kappa shape index (κ1) is 11.9. The number of rotatable bonds is 2. The molecule has 0 bridgehead atoms. The molecule has 0 nitrogen and oxygen atoms in total. The van der Waals surface area contributed by atoms with Crippen molar-refractivity contribution in [3.8, 4) is 0 Å². The van der Waals surface area contributed by atoms with Crippen LogP contribution >= 0.6 is 43.5 Å². The van der Waals surface area contributed by atoms with Crippen LogP contribution in [0.1, 0.15) is 36.6 Å². The van der Waals surface area contributed by atoms with Crippen LogP contribution in [-0.2, 0) is 0 Å². The van der Waals surface area contributed by atoms with E-state index in [1.54, 1.807) is 0 Å². The van der Waals surface area contributed by atoms with Crippen LogP contribution in [0.25, 0.3) is 0 Å². The monoisotopic (exact) mass is 350 g/mol. The van der Waals surface area contributed by atoms with Gasteiger partial charge in [-0.15, -0.1) is 11.6 Å². The molecule has 0 amide bonds. The van der Waals surface area contributed by atoms with Gasteiger partial charge in [-0.25, -0.2) is 0 Å². The average molecular weight is 352 g/mol. The third-order valence-corrected chi connectivity index (χ3v) is 4.88. The molecule has 1 aromatic carbocycles. The van der Waals surface area contributed by atoms with Crippen LogP contribution in [0.2, 0.25) is 0 Å². The van der Waals surface area contributed by atoms with Gasteiger partial charge in [-0.2, -0.15) is 0 Å². The third-order valence-electron chi connectivity index (χ3n) is 3.07. The lowest BCUT2D eigenvalue weighted by Gasteiger charge is -2.18. The van der Waals surface area contributed by atoms with Gasteiger partial charge in [0.05, 0.1) is 5.38 Å². The number of halogens is 3. The second-order valence-electron chi connectivity index (χ2n) is 4.11. The largest absolute Gasteiger partial charge is 0.117 e. The highest BCUT2D eigenvalue weighted by molar-refractivity contribution is 9.11. The van der Waals surface area contributed by atoms with Crippen molar-refractivity contribution >= 4 is 43.5 Å². The minimum absolute atomic E-state index is 0.152. The lowest BCUT2D eigenvalue weighted by Crippen LogP contribution is -2.04. The highest BCUT2D eigenvalue weighted by Gasteiger charge is 2.25. The van der Waals surface area contributed by atoms with Crippen molar-refractivity contribution < 1.29 is 0 Å². The highest BCUT2D eigenvalue weighted by Crippen LogP contribution is 2.42. The number of hydrogen-bond acceptors (Lipinski definition) is 0. The van der Waals surface area contributed by atoms with Crippen LogP contribution in [0, 0.1) is 5.92 Å². The first-order valence-corrected chi connectivity index (χ1v) is 7.30. The molecule has 0 aromatic heterocycles. The Hall–Kier alpha value is 0.470. The molecule has 0 saturated heterocycles. The molecule has 1 aromatic rings. The fourth-order valence-electron chi connectivity index (χ4n) is 2.23. The summed E-state index contributed by atoms with van der Waals surface area (Å²) >= 11 is 13.6. The molecule has 3 heteroatoms. The zero-order valence-electron chi connectivity index (χ0n) is 8.35. The van der Waals surface area contributed by atoms with Gasteiger partial charge in [0, 0.05) is 8.95 Å². The highest BCUT2D eigenvalue weighted by atomic mass is 79.9. The van der Waals surface area contributed by atoms with Gasteiger partial charge < -0.3 is 0 Å². The van der Waals surface area contributed by atoms with Gasteiger partial charge in [-0.1, -0.05) is 44.7 Å². The van der Waals surface area contributed by atoms with E-state index in [9.17, 15) is 0 Å². The molecule has 0 radical (unpaired) electrons. The molecule has 0 spiro atoms. The molecule has 1 aliphatic carbocycles. The minimum atomic E-state index is 0.152. The maximum atomic E-state index is 6.54. The fourth-order valence-corrected chi connectivity index (χ4v) is 3.67. The maximum absolute atomic E-state index is 6.54. The quantitative estimate of drug-likeness (QED) is 0.601. The van der Waals surface area contributed by atoms with Gasteiger partial charge in [-0.3, -0.25) is 0 Å². The van der Waals surface area contributed by atoms with E-state index in [1.165, 1.54) is 31.2 Å². The molecule has 0 N–H and O–H groups in total. The van der Waals surface area contributed by atoms with Gasteiger partial charge in [0.25, 0.3) is 0 Å². The van der Waals surface area contributed by atoms with E-state index in [-0.39, 0.29) is 5.38 Å². The average Bonchev–Trinajstić information content (AvgIpc) is 2.74. The minimum Gasteiger partial charge on any atom is -0.117 e. The molecular weight excluding hydrogens is 339 g/mol. The van der Waals surface area contributed by atoms with E-state index in [2.05, 4.69) is 44.0 Å². The molecule has 1 unspecified atom stereocenters. The van der Waals surface area contributed by atoms with E-state index in [0.29, 0.717) is 5.92 Å². The molecule has 82 valence electrons. The lowest BCUT2D eigenvalue weighted by atomic mass is 9.97. The Kier molecular flexibility index (Phi) is 4.14. The third kappa shape index (κ3) is 2.78. The normalized spacial score (nSPS) is 19.4. The van der Waals surface area contributed by atoms with Crippen LogP contribution in [0.5, 0.6) is 0 Å². The van der Waals surface area contributed by atoms with Gasteiger partial charge in [0.1, 0.15) is 0 Å². The zero-order chi connectivity index (χ0) is 10.8. The molecule has 1 aliphatic rings. The molecule has 1 atom stereocenters. The Bertz CT molecular complexity index is 345. The van der Waals surface area contributed by atoms with E-state index < -0.39 is 0 Å². The zero-order valence-corrected chi connectivity index (χ0v) is 12.3. The summed E-state index contributed by atoms with van der Waals surface area (Å²) in [6, 6.07) is 6.22. The van der Waals surface area contributed by atoms with Crippen molar-refractivity contribution in [3.05, 3.63) is 32.7 Å². The Labute approximate surface area is 113 Å². The molecule has 1 saturated carbocycles. The number of alkyl halides is 1. The number of benzene rings is 1. The van der Waals surface area contributed by atoms with Gasteiger partial charge >= 0.3 is 0 Å². The Morgan fingerprint density at radius 2 is 1.87 bits per heavy atom. The van der Waals surface area contributed by atoms with Crippen LogP contribution < -0.4 is 0 Å². The second kappa shape index (κ2) is 5.20. The molecule has 15 heavy (non-hydrogen) atoms. The summed E-state index contributed by atoms with van der Waals surface area (Å²) in [6.07, 6.45) is 5.21. The van der Waals surface area contributed by atoms with Gasteiger partial charge in [0.2, 0.25) is 0 Å². The Morgan fingerprint density at radius 3 is 2.53 bits per heavy atom. The first-order chi connectivity index (χ1) is 7.18.